The van der Waals surface area contributed by atoms with Crippen molar-refractivity contribution in [2.75, 3.05) is 7.05 Å². The Morgan fingerprint density at radius 2 is 2.22 bits per heavy atom. The SMILES string of the molecule is C[C@@H](c1ccon1)N(C)C(=O)Cn1ccc2ncccc2c1=O. The van der Waals surface area contributed by atoms with Gasteiger partial charge in [0.1, 0.15) is 18.5 Å². The van der Waals surface area contributed by atoms with E-state index >= 15 is 0 Å². The van der Waals surface area contributed by atoms with E-state index in [0.717, 1.165) is 0 Å². The Balaban J connectivity index is 1.83. The van der Waals surface area contributed by atoms with Gasteiger partial charge in [-0.3, -0.25) is 14.6 Å². The fourth-order valence-electron chi connectivity index (χ4n) is 2.35. The van der Waals surface area contributed by atoms with E-state index in [1.807, 2.05) is 6.92 Å². The summed E-state index contributed by atoms with van der Waals surface area (Å²) in [6.45, 7) is 1.81. The number of likely N-dealkylation sites (N-methyl/N-ethyl adjacent to an activating group) is 1. The fraction of sp³-hybridized carbons (Fsp3) is 0.250. The molecule has 7 nitrogen and oxygen atoms in total. The molecule has 0 spiro atoms. The summed E-state index contributed by atoms with van der Waals surface area (Å²) in [6.07, 6.45) is 4.68. The molecule has 0 aliphatic rings. The van der Waals surface area contributed by atoms with Crippen LogP contribution in [0.1, 0.15) is 18.7 Å². The van der Waals surface area contributed by atoms with Crippen molar-refractivity contribution in [2.45, 2.75) is 19.5 Å². The first-order valence-electron chi connectivity index (χ1n) is 7.18. The van der Waals surface area contributed by atoms with Crippen LogP contribution in [0.2, 0.25) is 0 Å². The lowest BCUT2D eigenvalue weighted by molar-refractivity contribution is -0.132. The van der Waals surface area contributed by atoms with Crippen LogP contribution >= 0.6 is 0 Å². The molecule has 0 aromatic carbocycles. The standard InChI is InChI=1S/C16H16N4O3/c1-11(13-6-9-23-18-13)19(2)15(21)10-20-8-5-14-12(16(20)22)4-3-7-17-14/h3-9,11H,10H2,1-2H3/t11-/m0/s1. The van der Waals surface area contributed by atoms with Crippen LogP contribution in [-0.2, 0) is 11.3 Å². The maximum absolute atomic E-state index is 12.4. The molecule has 0 fully saturated rings. The molecule has 118 valence electrons. The number of hydrogen-bond donors (Lipinski definition) is 0. The maximum atomic E-state index is 12.4. The van der Waals surface area contributed by atoms with Crippen LogP contribution in [0.3, 0.4) is 0 Å². The fourth-order valence-corrected chi connectivity index (χ4v) is 2.35. The Morgan fingerprint density at radius 3 is 2.96 bits per heavy atom. The van der Waals surface area contributed by atoms with Gasteiger partial charge in [0, 0.05) is 25.5 Å². The molecule has 23 heavy (non-hydrogen) atoms. The lowest BCUT2D eigenvalue weighted by Gasteiger charge is -2.23. The normalized spacial score (nSPS) is 12.3. The summed E-state index contributed by atoms with van der Waals surface area (Å²) in [4.78, 5) is 30.5. The summed E-state index contributed by atoms with van der Waals surface area (Å²) < 4.78 is 6.19. The molecule has 3 heterocycles. The second-order valence-corrected chi connectivity index (χ2v) is 5.29. The molecule has 3 aromatic heterocycles. The Kier molecular flexibility index (Phi) is 3.92. The molecular weight excluding hydrogens is 296 g/mol. The number of amides is 1. The van der Waals surface area contributed by atoms with E-state index in [0.29, 0.717) is 16.6 Å². The van der Waals surface area contributed by atoms with Gasteiger partial charge in [0.2, 0.25) is 5.91 Å². The van der Waals surface area contributed by atoms with Crippen LogP contribution in [0.4, 0.5) is 0 Å². The van der Waals surface area contributed by atoms with E-state index in [4.69, 9.17) is 4.52 Å². The number of hydrogen-bond acceptors (Lipinski definition) is 5. The highest BCUT2D eigenvalue weighted by atomic mass is 16.5. The van der Waals surface area contributed by atoms with Gasteiger partial charge in [0.25, 0.3) is 5.56 Å². The smallest absolute Gasteiger partial charge is 0.260 e. The van der Waals surface area contributed by atoms with Crippen molar-refractivity contribution in [3.8, 4) is 0 Å². The molecule has 1 amide bonds. The zero-order valence-electron chi connectivity index (χ0n) is 12.8. The van der Waals surface area contributed by atoms with Gasteiger partial charge in [0.15, 0.2) is 0 Å². The minimum Gasteiger partial charge on any atom is -0.364 e. The Hall–Kier alpha value is -2.96. The van der Waals surface area contributed by atoms with Gasteiger partial charge in [-0.1, -0.05) is 5.16 Å². The molecule has 0 unspecified atom stereocenters. The van der Waals surface area contributed by atoms with Gasteiger partial charge < -0.3 is 14.0 Å². The third-order valence-corrected chi connectivity index (χ3v) is 3.91. The minimum absolute atomic E-state index is 0.0393. The van der Waals surface area contributed by atoms with Crippen molar-refractivity contribution in [3.63, 3.8) is 0 Å². The highest BCUT2D eigenvalue weighted by molar-refractivity contribution is 5.79. The summed E-state index contributed by atoms with van der Waals surface area (Å²) in [5.74, 6) is -0.189. The summed E-state index contributed by atoms with van der Waals surface area (Å²) >= 11 is 0. The van der Waals surface area contributed by atoms with Crippen LogP contribution in [-0.4, -0.2) is 32.6 Å². The van der Waals surface area contributed by atoms with Crippen molar-refractivity contribution in [2.24, 2.45) is 0 Å². The maximum Gasteiger partial charge on any atom is 0.260 e. The van der Waals surface area contributed by atoms with Gasteiger partial charge in [-0.2, -0.15) is 0 Å². The summed E-state index contributed by atoms with van der Waals surface area (Å²) in [6, 6.07) is 6.61. The molecular formula is C16H16N4O3. The molecule has 0 N–H and O–H groups in total. The Labute approximate surface area is 132 Å². The monoisotopic (exact) mass is 312 g/mol. The third-order valence-electron chi connectivity index (χ3n) is 3.91. The highest BCUT2D eigenvalue weighted by Gasteiger charge is 2.20. The molecule has 0 bridgehead atoms. The van der Waals surface area contributed by atoms with Crippen LogP contribution < -0.4 is 5.56 Å². The molecule has 3 rings (SSSR count). The van der Waals surface area contributed by atoms with Crippen molar-refractivity contribution in [1.29, 1.82) is 0 Å². The Morgan fingerprint density at radius 1 is 1.39 bits per heavy atom. The number of nitrogens with zero attached hydrogens (tertiary/aromatic N) is 4. The molecule has 0 aliphatic carbocycles. The molecule has 7 heteroatoms. The number of aromatic nitrogens is 3. The van der Waals surface area contributed by atoms with Crippen LogP contribution in [0.5, 0.6) is 0 Å². The van der Waals surface area contributed by atoms with Crippen molar-refractivity contribution in [3.05, 3.63) is 59.0 Å². The van der Waals surface area contributed by atoms with Gasteiger partial charge in [-0.25, -0.2) is 0 Å². The predicted molar refractivity (Wildman–Crippen MR) is 83.7 cm³/mol. The van der Waals surface area contributed by atoms with E-state index in [-0.39, 0.29) is 24.1 Å². The van der Waals surface area contributed by atoms with E-state index in [1.54, 1.807) is 43.7 Å². The Bertz CT molecular complexity index is 886. The zero-order valence-corrected chi connectivity index (χ0v) is 12.8. The minimum atomic E-state index is -0.237. The van der Waals surface area contributed by atoms with E-state index in [9.17, 15) is 9.59 Å². The number of fused-ring (bicyclic) bond motifs is 1. The van der Waals surface area contributed by atoms with Crippen LogP contribution in [0.25, 0.3) is 10.9 Å². The average molecular weight is 312 g/mol. The van der Waals surface area contributed by atoms with Crippen LogP contribution in [0, 0.1) is 0 Å². The highest BCUT2D eigenvalue weighted by Crippen LogP contribution is 2.16. The predicted octanol–water partition coefficient (Wildman–Crippen LogP) is 1.60. The van der Waals surface area contributed by atoms with Crippen LogP contribution in [0.15, 0.2) is 52.2 Å². The first kappa shape index (κ1) is 15.0. The van der Waals surface area contributed by atoms with Crippen molar-refractivity contribution >= 4 is 16.8 Å². The number of pyridine rings is 2. The topological polar surface area (TPSA) is 81.2 Å². The van der Waals surface area contributed by atoms with Gasteiger partial charge in [-0.05, 0) is 25.1 Å². The quantitative estimate of drug-likeness (QED) is 0.731. The first-order valence-corrected chi connectivity index (χ1v) is 7.18. The summed E-state index contributed by atoms with van der Waals surface area (Å²) in [7, 11) is 1.68. The third kappa shape index (κ3) is 2.85. The second-order valence-electron chi connectivity index (χ2n) is 5.29. The summed E-state index contributed by atoms with van der Waals surface area (Å²) in [5.41, 5.74) is 1.05. The molecule has 3 aromatic rings. The second kappa shape index (κ2) is 6.04. The molecule has 1 atom stereocenters. The molecule has 0 saturated carbocycles. The largest absolute Gasteiger partial charge is 0.364 e. The van der Waals surface area contributed by atoms with E-state index < -0.39 is 0 Å². The average Bonchev–Trinajstić information content (AvgIpc) is 3.10. The number of rotatable bonds is 4. The zero-order chi connectivity index (χ0) is 16.4. The lowest BCUT2D eigenvalue weighted by Crippen LogP contribution is -2.35. The molecule has 0 saturated heterocycles. The van der Waals surface area contributed by atoms with E-state index in [1.165, 1.54) is 15.7 Å². The van der Waals surface area contributed by atoms with Gasteiger partial charge in [-0.15, -0.1) is 0 Å². The van der Waals surface area contributed by atoms with Gasteiger partial charge >= 0.3 is 0 Å². The molecule has 0 aliphatic heterocycles. The van der Waals surface area contributed by atoms with Crippen molar-refractivity contribution in [1.82, 2.24) is 19.6 Å². The summed E-state index contributed by atoms with van der Waals surface area (Å²) in [5, 5.41) is 4.33. The first-order chi connectivity index (χ1) is 11.1. The number of carbonyl (C=O) groups is 1. The molecule has 0 radical (unpaired) electrons. The lowest BCUT2D eigenvalue weighted by atomic mass is 10.2. The number of carbonyl (C=O) groups excluding carboxylic acids is 1. The van der Waals surface area contributed by atoms with E-state index in [2.05, 4.69) is 10.1 Å². The van der Waals surface area contributed by atoms with Crippen molar-refractivity contribution < 1.29 is 9.32 Å². The van der Waals surface area contributed by atoms with Gasteiger partial charge in [0.05, 0.1) is 16.9 Å².